The van der Waals surface area contributed by atoms with Crippen molar-refractivity contribution in [1.82, 2.24) is 4.57 Å². The lowest BCUT2D eigenvalue weighted by Gasteiger charge is -2.18. The van der Waals surface area contributed by atoms with Crippen LogP contribution in [0, 0.1) is 5.82 Å². The molecule has 0 unspecified atom stereocenters. The lowest BCUT2D eigenvalue weighted by Crippen LogP contribution is -2.27. The van der Waals surface area contributed by atoms with Crippen LogP contribution in [-0.2, 0) is 16.6 Å². The summed E-state index contributed by atoms with van der Waals surface area (Å²) in [5.74, 6) is -1.49. The maximum Gasteiger partial charge on any atom is 0.338 e. The summed E-state index contributed by atoms with van der Waals surface area (Å²) in [5.41, 5.74) is 2.01. The number of esters is 1. The predicted octanol–water partition coefficient (Wildman–Crippen LogP) is 3.87. The summed E-state index contributed by atoms with van der Waals surface area (Å²) < 4.78 is 20.7. The minimum atomic E-state index is -0.484. The Morgan fingerprint density at radius 1 is 1.19 bits per heavy atom. The van der Waals surface area contributed by atoms with Crippen molar-refractivity contribution in [3.63, 3.8) is 0 Å². The molecule has 1 saturated heterocycles. The molecule has 0 radical (unpaired) electrons. The molecule has 0 spiro atoms. The molecule has 1 aromatic heterocycles. The number of nitrogens with zero attached hydrogens (tertiary/aromatic N) is 2. The summed E-state index contributed by atoms with van der Waals surface area (Å²) in [4.78, 5) is 39.3. The van der Waals surface area contributed by atoms with E-state index in [1.165, 1.54) is 18.2 Å². The van der Waals surface area contributed by atoms with Gasteiger partial charge in [-0.2, -0.15) is 0 Å². The first-order valence-electron chi connectivity index (χ1n) is 10.1. The Kier molecular flexibility index (Phi) is 5.46. The van der Waals surface area contributed by atoms with Gasteiger partial charge in [0.05, 0.1) is 23.4 Å². The number of anilines is 2. The highest BCUT2D eigenvalue weighted by molar-refractivity contribution is 6.17. The molecule has 0 saturated carbocycles. The molecule has 1 fully saturated rings. The van der Waals surface area contributed by atoms with Gasteiger partial charge in [0.1, 0.15) is 11.5 Å². The number of nitrogens with one attached hydrogen (secondary N) is 1. The SMILES string of the molecule is CCOC(=O)c1cccc(NC(=O)c2c(N3CCCC3=O)c3cc(F)ccc3n2C)c1. The quantitative estimate of drug-likeness (QED) is 0.632. The first-order chi connectivity index (χ1) is 14.9. The van der Waals surface area contributed by atoms with E-state index < -0.39 is 17.7 Å². The fourth-order valence-corrected chi connectivity index (χ4v) is 3.94. The Balaban J connectivity index is 1.76. The third-order valence-electron chi connectivity index (χ3n) is 5.32. The van der Waals surface area contributed by atoms with E-state index in [9.17, 15) is 18.8 Å². The maximum atomic E-state index is 14.0. The van der Waals surface area contributed by atoms with Crippen LogP contribution in [0.15, 0.2) is 42.5 Å². The lowest BCUT2D eigenvalue weighted by molar-refractivity contribution is -0.117. The molecule has 2 aromatic carbocycles. The van der Waals surface area contributed by atoms with E-state index in [4.69, 9.17) is 4.74 Å². The summed E-state index contributed by atoms with van der Waals surface area (Å²) in [7, 11) is 1.70. The second-order valence-electron chi connectivity index (χ2n) is 7.32. The maximum absolute atomic E-state index is 14.0. The van der Waals surface area contributed by atoms with Crippen molar-refractivity contribution in [2.24, 2.45) is 7.05 Å². The molecule has 1 N–H and O–H groups in total. The summed E-state index contributed by atoms with van der Waals surface area (Å²) in [6.45, 7) is 2.43. The molecule has 1 aliphatic rings. The minimum absolute atomic E-state index is 0.102. The number of carbonyl (C=O) groups is 3. The van der Waals surface area contributed by atoms with Gasteiger partial charge in [-0.25, -0.2) is 9.18 Å². The van der Waals surface area contributed by atoms with Crippen molar-refractivity contribution in [3.8, 4) is 0 Å². The second kappa shape index (κ2) is 8.22. The van der Waals surface area contributed by atoms with Gasteiger partial charge < -0.3 is 19.5 Å². The number of rotatable bonds is 5. The number of carbonyl (C=O) groups excluding carboxylic acids is 3. The van der Waals surface area contributed by atoms with E-state index >= 15 is 0 Å². The summed E-state index contributed by atoms with van der Waals surface area (Å²) >= 11 is 0. The van der Waals surface area contributed by atoms with Gasteiger partial charge in [-0.1, -0.05) is 6.07 Å². The monoisotopic (exact) mass is 423 g/mol. The lowest BCUT2D eigenvalue weighted by atomic mass is 10.1. The van der Waals surface area contributed by atoms with Crippen LogP contribution < -0.4 is 10.2 Å². The Morgan fingerprint density at radius 2 is 2.00 bits per heavy atom. The Labute approximate surface area is 178 Å². The highest BCUT2D eigenvalue weighted by Crippen LogP contribution is 2.36. The Morgan fingerprint density at radius 3 is 2.71 bits per heavy atom. The van der Waals surface area contributed by atoms with Crippen LogP contribution in [0.25, 0.3) is 10.9 Å². The summed E-state index contributed by atoms with van der Waals surface area (Å²) in [6.07, 6.45) is 1.06. The molecule has 160 valence electrons. The van der Waals surface area contributed by atoms with E-state index in [0.717, 1.165) is 0 Å². The normalized spacial score (nSPS) is 13.6. The number of aryl methyl sites for hydroxylation is 1. The molecule has 1 aliphatic heterocycles. The largest absolute Gasteiger partial charge is 0.462 e. The van der Waals surface area contributed by atoms with E-state index in [-0.39, 0.29) is 18.2 Å². The molecule has 2 amide bonds. The van der Waals surface area contributed by atoms with Crippen molar-refractivity contribution in [2.45, 2.75) is 19.8 Å². The number of hydrogen-bond donors (Lipinski definition) is 1. The van der Waals surface area contributed by atoms with Crippen molar-refractivity contribution >= 4 is 40.1 Å². The van der Waals surface area contributed by atoms with Crippen molar-refractivity contribution in [1.29, 1.82) is 0 Å². The summed E-state index contributed by atoms with van der Waals surface area (Å²) in [6, 6.07) is 10.7. The number of aromatic nitrogens is 1. The molecule has 4 rings (SSSR count). The third-order valence-corrected chi connectivity index (χ3v) is 5.32. The molecule has 0 bridgehead atoms. The number of fused-ring (bicyclic) bond motifs is 1. The number of halogens is 1. The molecule has 0 aliphatic carbocycles. The van der Waals surface area contributed by atoms with Gasteiger partial charge in [0.2, 0.25) is 5.91 Å². The van der Waals surface area contributed by atoms with E-state index in [0.29, 0.717) is 47.2 Å². The first kappa shape index (κ1) is 20.6. The fraction of sp³-hybridized carbons (Fsp3) is 0.261. The zero-order chi connectivity index (χ0) is 22.1. The number of hydrogen-bond acceptors (Lipinski definition) is 4. The molecule has 0 atom stereocenters. The molecule has 31 heavy (non-hydrogen) atoms. The fourth-order valence-electron chi connectivity index (χ4n) is 3.94. The number of ether oxygens (including phenoxy) is 1. The van der Waals surface area contributed by atoms with Gasteiger partial charge in [0.15, 0.2) is 0 Å². The van der Waals surface area contributed by atoms with E-state index in [2.05, 4.69) is 5.32 Å². The van der Waals surface area contributed by atoms with Crippen LogP contribution in [0.1, 0.15) is 40.6 Å². The smallest absolute Gasteiger partial charge is 0.338 e. The van der Waals surface area contributed by atoms with Crippen LogP contribution in [0.4, 0.5) is 15.8 Å². The zero-order valence-corrected chi connectivity index (χ0v) is 17.3. The topological polar surface area (TPSA) is 80.6 Å². The van der Waals surface area contributed by atoms with Crippen molar-refractivity contribution in [2.75, 3.05) is 23.4 Å². The van der Waals surface area contributed by atoms with Crippen LogP contribution in [-0.4, -0.2) is 35.5 Å². The second-order valence-corrected chi connectivity index (χ2v) is 7.32. The first-order valence-corrected chi connectivity index (χ1v) is 10.1. The highest BCUT2D eigenvalue weighted by atomic mass is 19.1. The van der Waals surface area contributed by atoms with Gasteiger partial charge >= 0.3 is 5.97 Å². The number of benzene rings is 2. The average Bonchev–Trinajstić information content (AvgIpc) is 3.28. The molecular weight excluding hydrogens is 401 g/mol. The Bertz CT molecular complexity index is 1200. The zero-order valence-electron chi connectivity index (χ0n) is 17.3. The van der Waals surface area contributed by atoms with Crippen molar-refractivity contribution in [3.05, 3.63) is 59.5 Å². The van der Waals surface area contributed by atoms with Crippen LogP contribution in [0.5, 0.6) is 0 Å². The molecule has 2 heterocycles. The van der Waals surface area contributed by atoms with Crippen LogP contribution in [0.2, 0.25) is 0 Å². The standard InChI is InChI=1S/C23H22FN3O4/c1-3-31-23(30)14-6-4-7-16(12-14)25-22(29)21-20(27-11-5-8-19(27)28)17-13-15(24)9-10-18(17)26(21)2/h4,6-7,9-10,12-13H,3,5,8,11H2,1-2H3,(H,25,29). The van der Waals surface area contributed by atoms with E-state index in [1.54, 1.807) is 47.7 Å². The van der Waals surface area contributed by atoms with Crippen LogP contribution in [0.3, 0.4) is 0 Å². The molecule has 8 heteroatoms. The van der Waals surface area contributed by atoms with Crippen molar-refractivity contribution < 1.29 is 23.5 Å². The third kappa shape index (κ3) is 3.76. The minimum Gasteiger partial charge on any atom is -0.462 e. The number of amides is 2. The Hall–Kier alpha value is -3.68. The molecule has 3 aromatic rings. The molecular formula is C23H22FN3O4. The van der Waals surface area contributed by atoms with Gasteiger partial charge in [0.25, 0.3) is 5.91 Å². The van der Waals surface area contributed by atoms with Crippen LogP contribution >= 0.6 is 0 Å². The predicted molar refractivity (Wildman–Crippen MR) is 115 cm³/mol. The van der Waals surface area contributed by atoms with Gasteiger partial charge in [-0.05, 0) is 49.7 Å². The van der Waals surface area contributed by atoms with E-state index in [1.807, 2.05) is 0 Å². The van der Waals surface area contributed by atoms with Gasteiger partial charge in [0, 0.05) is 31.1 Å². The summed E-state index contributed by atoms with van der Waals surface area (Å²) in [5, 5.41) is 3.29. The molecule has 7 nitrogen and oxygen atoms in total. The van der Waals surface area contributed by atoms with Gasteiger partial charge in [-0.3, -0.25) is 9.59 Å². The average molecular weight is 423 g/mol. The highest BCUT2D eigenvalue weighted by Gasteiger charge is 2.31. The van der Waals surface area contributed by atoms with Gasteiger partial charge in [-0.15, -0.1) is 0 Å².